The molecule has 0 bridgehead atoms. The molecule has 0 N–H and O–H groups in total. The van der Waals surface area contributed by atoms with Gasteiger partial charge in [0.15, 0.2) is 5.83 Å². The Bertz CT molecular complexity index is 541. The molecule has 0 aliphatic heterocycles. The molecule has 0 heterocycles. The Morgan fingerprint density at radius 3 is 1.94 bits per heavy atom. The minimum Gasteiger partial charge on any atom is -0.286 e. The first-order valence-electron chi connectivity index (χ1n) is 5.23. The number of ketones is 1. The molecule has 0 aromatic heterocycles. The predicted molar refractivity (Wildman–Crippen MR) is 66.5 cm³/mol. The Morgan fingerprint density at radius 1 is 0.882 bits per heavy atom. The number of hydrogen-bond donors (Lipinski definition) is 0. The van der Waals surface area contributed by atoms with Crippen molar-refractivity contribution >= 4 is 5.78 Å². The van der Waals surface area contributed by atoms with Gasteiger partial charge in [0, 0.05) is 5.56 Å². The molecule has 0 amide bonds. The Labute approximate surface area is 99.2 Å². The van der Waals surface area contributed by atoms with Gasteiger partial charge in [-0.3, -0.25) is 4.79 Å². The molecule has 0 fully saturated rings. The summed E-state index contributed by atoms with van der Waals surface area (Å²) in [4.78, 5) is 11.3. The third-order valence-electron chi connectivity index (χ3n) is 2.50. The van der Waals surface area contributed by atoms with Crippen LogP contribution in [0.3, 0.4) is 0 Å². The lowest BCUT2D eigenvalue weighted by Crippen LogP contribution is -1.97. The third kappa shape index (κ3) is 2.48. The monoisotopic (exact) mass is 226 g/mol. The molecule has 0 unspecified atom stereocenters. The van der Waals surface area contributed by atoms with Crippen LogP contribution in [0.1, 0.15) is 10.4 Å². The molecule has 2 aromatic carbocycles. The number of Topliss-reactive ketones (excluding diaryl/α,β-unsaturated/α-hetero) is 1. The summed E-state index contributed by atoms with van der Waals surface area (Å²) >= 11 is 0. The second-order valence-electron chi connectivity index (χ2n) is 3.68. The minimum atomic E-state index is -0.933. The van der Waals surface area contributed by atoms with Crippen LogP contribution in [0.2, 0.25) is 0 Å². The highest BCUT2D eigenvalue weighted by Gasteiger charge is 2.09. The van der Waals surface area contributed by atoms with Crippen molar-refractivity contribution in [3.8, 4) is 11.1 Å². The molecule has 84 valence electrons. The van der Waals surface area contributed by atoms with Gasteiger partial charge in [-0.15, -0.1) is 0 Å². The maximum Gasteiger partial charge on any atom is 0.220 e. The lowest BCUT2D eigenvalue weighted by atomic mass is 10.0. The van der Waals surface area contributed by atoms with E-state index >= 15 is 0 Å². The van der Waals surface area contributed by atoms with Crippen molar-refractivity contribution in [3.05, 3.63) is 72.6 Å². The lowest BCUT2D eigenvalue weighted by Gasteiger charge is -2.02. The summed E-state index contributed by atoms with van der Waals surface area (Å²) in [5.74, 6) is -1.60. The summed E-state index contributed by atoms with van der Waals surface area (Å²) in [5.41, 5.74) is 2.37. The zero-order valence-electron chi connectivity index (χ0n) is 9.19. The van der Waals surface area contributed by atoms with Gasteiger partial charge in [-0.1, -0.05) is 61.2 Å². The van der Waals surface area contributed by atoms with Gasteiger partial charge < -0.3 is 0 Å². The van der Waals surface area contributed by atoms with E-state index in [0.29, 0.717) is 5.56 Å². The first-order valence-corrected chi connectivity index (χ1v) is 5.23. The summed E-state index contributed by atoms with van der Waals surface area (Å²) in [5, 5.41) is 0. The van der Waals surface area contributed by atoms with Crippen molar-refractivity contribution < 1.29 is 9.18 Å². The van der Waals surface area contributed by atoms with Crippen molar-refractivity contribution in [1.29, 1.82) is 0 Å². The lowest BCUT2D eigenvalue weighted by molar-refractivity contribution is 0.100. The molecule has 2 aromatic rings. The largest absolute Gasteiger partial charge is 0.286 e. The van der Waals surface area contributed by atoms with Crippen LogP contribution in [-0.2, 0) is 0 Å². The molecule has 0 saturated carbocycles. The van der Waals surface area contributed by atoms with Gasteiger partial charge in [0.2, 0.25) is 5.78 Å². The molecule has 0 atom stereocenters. The molecule has 2 rings (SSSR count). The van der Waals surface area contributed by atoms with Crippen molar-refractivity contribution in [1.82, 2.24) is 0 Å². The molecule has 0 radical (unpaired) electrons. The van der Waals surface area contributed by atoms with Crippen LogP contribution < -0.4 is 0 Å². The molecular weight excluding hydrogens is 215 g/mol. The Hall–Kier alpha value is -2.22. The zero-order chi connectivity index (χ0) is 12.3. The average Bonchev–Trinajstić information content (AvgIpc) is 2.39. The topological polar surface area (TPSA) is 17.1 Å². The Balaban J connectivity index is 2.31. The van der Waals surface area contributed by atoms with Gasteiger partial charge >= 0.3 is 0 Å². The van der Waals surface area contributed by atoms with E-state index in [1.165, 1.54) is 0 Å². The quantitative estimate of drug-likeness (QED) is 0.570. The van der Waals surface area contributed by atoms with Gasteiger partial charge in [-0.2, -0.15) is 0 Å². The first-order chi connectivity index (χ1) is 8.18. The Morgan fingerprint density at radius 2 is 1.41 bits per heavy atom. The molecule has 0 spiro atoms. The molecule has 0 saturated heterocycles. The number of carbonyl (C=O) groups excluding carboxylic acids is 1. The summed E-state index contributed by atoms with van der Waals surface area (Å²) in [6, 6.07) is 16.6. The molecular formula is C15H11FO. The number of rotatable bonds is 3. The number of halogens is 1. The molecule has 0 aliphatic carbocycles. The summed E-state index contributed by atoms with van der Waals surface area (Å²) < 4.78 is 12.7. The van der Waals surface area contributed by atoms with Crippen molar-refractivity contribution in [2.24, 2.45) is 0 Å². The van der Waals surface area contributed by atoms with Crippen molar-refractivity contribution in [2.75, 3.05) is 0 Å². The molecule has 0 aliphatic rings. The van der Waals surface area contributed by atoms with Gasteiger partial charge in [-0.25, -0.2) is 4.39 Å². The van der Waals surface area contributed by atoms with E-state index in [0.717, 1.165) is 11.1 Å². The first kappa shape index (κ1) is 11.3. The van der Waals surface area contributed by atoms with E-state index < -0.39 is 11.6 Å². The zero-order valence-corrected chi connectivity index (χ0v) is 9.19. The highest BCUT2D eigenvalue weighted by Crippen LogP contribution is 2.20. The summed E-state index contributed by atoms with van der Waals surface area (Å²) in [6.45, 7) is 3.00. The van der Waals surface area contributed by atoms with E-state index in [-0.39, 0.29) is 0 Å². The highest BCUT2D eigenvalue weighted by atomic mass is 19.1. The van der Waals surface area contributed by atoms with Crippen LogP contribution in [0.15, 0.2) is 67.0 Å². The standard InChI is InChI=1S/C15H11FO/c1-11(16)15(17)14-9-7-13(8-10-14)12-5-3-2-4-6-12/h2-10H,1H2. The van der Waals surface area contributed by atoms with E-state index in [2.05, 4.69) is 6.58 Å². The fourth-order valence-electron chi connectivity index (χ4n) is 1.60. The summed E-state index contributed by atoms with van der Waals surface area (Å²) in [7, 11) is 0. The predicted octanol–water partition coefficient (Wildman–Crippen LogP) is 4.02. The van der Waals surface area contributed by atoms with E-state index in [4.69, 9.17) is 0 Å². The average molecular weight is 226 g/mol. The van der Waals surface area contributed by atoms with Gasteiger partial charge in [0.25, 0.3) is 0 Å². The third-order valence-corrected chi connectivity index (χ3v) is 2.50. The minimum absolute atomic E-state index is 0.317. The van der Waals surface area contributed by atoms with Crippen LogP contribution in [-0.4, -0.2) is 5.78 Å². The van der Waals surface area contributed by atoms with Gasteiger partial charge in [0.1, 0.15) is 0 Å². The molecule has 17 heavy (non-hydrogen) atoms. The maximum atomic E-state index is 12.7. The van der Waals surface area contributed by atoms with Crippen LogP contribution in [0, 0.1) is 0 Å². The van der Waals surface area contributed by atoms with Gasteiger partial charge in [0.05, 0.1) is 0 Å². The van der Waals surface area contributed by atoms with Gasteiger partial charge in [-0.05, 0) is 11.1 Å². The van der Waals surface area contributed by atoms with E-state index in [1.54, 1.807) is 24.3 Å². The van der Waals surface area contributed by atoms with Crippen LogP contribution >= 0.6 is 0 Å². The molecule has 2 heteroatoms. The van der Waals surface area contributed by atoms with Crippen LogP contribution in [0.4, 0.5) is 4.39 Å². The maximum absolute atomic E-state index is 12.7. The number of carbonyl (C=O) groups is 1. The fraction of sp³-hybridized carbons (Fsp3) is 0. The Kier molecular flexibility index (Phi) is 3.15. The van der Waals surface area contributed by atoms with Crippen molar-refractivity contribution in [2.45, 2.75) is 0 Å². The normalized spacial score (nSPS) is 9.94. The van der Waals surface area contributed by atoms with Crippen molar-refractivity contribution in [3.63, 3.8) is 0 Å². The summed E-state index contributed by atoms with van der Waals surface area (Å²) in [6.07, 6.45) is 0. The SMILES string of the molecule is C=C(F)C(=O)c1ccc(-c2ccccc2)cc1. The smallest absolute Gasteiger partial charge is 0.220 e. The highest BCUT2D eigenvalue weighted by molar-refractivity contribution is 6.06. The van der Waals surface area contributed by atoms with Crippen LogP contribution in [0.5, 0.6) is 0 Å². The van der Waals surface area contributed by atoms with E-state index in [9.17, 15) is 9.18 Å². The fourth-order valence-corrected chi connectivity index (χ4v) is 1.60. The molecule has 1 nitrogen and oxygen atoms in total. The second kappa shape index (κ2) is 4.74. The number of allylic oxidation sites excluding steroid dienone is 1. The number of hydrogen-bond acceptors (Lipinski definition) is 1. The van der Waals surface area contributed by atoms with E-state index in [1.807, 2.05) is 30.3 Å². The number of benzene rings is 2. The van der Waals surface area contributed by atoms with Crippen LogP contribution in [0.25, 0.3) is 11.1 Å². The second-order valence-corrected chi connectivity index (χ2v) is 3.68.